The molecular weight excluding hydrogens is 354 g/mol. The van der Waals surface area contributed by atoms with Gasteiger partial charge in [-0.05, 0) is 31.2 Å². The van der Waals surface area contributed by atoms with E-state index in [0.717, 1.165) is 5.56 Å². The van der Waals surface area contributed by atoms with E-state index in [9.17, 15) is 4.79 Å². The third kappa shape index (κ3) is 3.17. The Morgan fingerprint density at radius 3 is 2.57 bits per heavy atom. The van der Waals surface area contributed by atoms with E-state index in [1.54, 1.807) is 42.9 Å². The van der Waals surface area contributed by atoms with Gasteiger partial charge in [0.2, 0.25) is 0 Å². The van der Waals surface area contributed by atoms with Crippen molar-refractivity contribution < 1.29 is 4.79 Å². The first-order valence-corrected chi connectivity index (χ1v) is 8.75. The maximum absolute atomic E-state index is 12.4. The number of nitrogens with two attached hydrogens (primary N) is 2. The normalized spacial score (nSPS) is 12.1. The van der Waals surface area contributed by atoms with Gasteiger partial charge in [-0.1, -0.05) is 18.2 Å². The van der Waals surface area contributed by atoms with Crippen molar-refractivity contribution in [2.45, 2.75) is 13.0 Å². The molecule has 0 fully saturated rings. The molecule has 0 unspecified atom stereocenters. The largest absolute Gasteiger partial charge is 0.382 e. The molecule has 0 saturated heterocycles. The van der Waals surface area contributed by atoms with Crippen LogP contribution >= 0.6 is 0 Å². The summed E-state index contributed by atoms with van der Waals surface area (Å²) in [6.07, 6.45) is 5.03. The molecule has 8 nitrogen and oxygen atoms in total. The summed E-state index contributed by atoms with van der Waals surface area (Å²) < 4.78 is 1.85. The number of amides is 1. The van der Waals surface area contributed by atoms with Crippen molar-refractivity contribution in [2.75, 3.05) is 11.1 Å². The van der Waals surface area contributed by atoms with Crippen LogP contribution in [0.4, 0.5) is 11.6 Å². The first kappa shape index (κ1) is 17.6. The number of fused-ring (bicyclic) bond motifs is 1. The summed E-state index contributed by atoms with van der Waals surface area (Å²) in [6, 6.07) is 12.2. The number of benzene rings is 1. The van der Waals surface area contributed by atoms with Gasteiger partial charge in [-0.3, -0.25) is 9.20 Å². The van der Waals surface area contributed by atoms with Crippen LogP contribution in [0.25, 0.3) is 16.8 Å². The molecule has 3 heterocycles. The van der Waals surface area contributed by atoms with Crippen LogP contribution in [-0.4, -0.2) is 25.3 Å². The van der Waals surface area contributed by atoms with Crippen molar-refractivity contribution >= 4 is 23.1 Å². The lowest BCUT2D eigenvalue weighted by atomic mass is 10.1. The minimum absolute atomic E-state index is 0.239. The molecule has 28 heavy (non-hydrogen) atoms. The molecule has 140 valence electrons. The number of aromatic nitrogens is 4. The monoisotopic (exact) mass is 373 g/mol. The van der Waals surface area contributed by atoms with E-state index < -0.39 is 0 Å². The fourth-order valence-electron chi connectivity index (χ4n) is 3.01. The quantitative estimate of drug-likeness (QED) is 0.505. The maximum atomic E-state index is 12.4. The predicted molar refractivity (Wildman–Crippen MR) is 108 cm³/mol. The highest BCUT2D eigenvalue weighted by molar-refractivity contribution is 6.04. The van der Waals surface area contributed by atoms with Crippen molar-refractivity contribution in [3.63, 3.8) is 0 Å². The second kappa shape index (κ2) is 7.09. The molecule has 4 aromatic rings. The fraction of sp³-hybridized carbons (Fsp3) is 0.100. The summed E-state index contributed by atoms with van der Waals surface area (Å²) in [6.45, 7) is 1.86. The van der Waals surface area contributed by atoms with E-state index in [1.165, 1.54) is 0 Å². The van der Waals surface area contributed by atoms with E-state index >= 15 is 0 Å². The van der Waals surface area contributed by atoms with Crippen molar-refractivity contribution in [3.8, 4) is 11.3 Å². The number of nitrogens with zero attached hydrogens (tertiary/aromatic N) is 4. The number of rotatable bonds is 4. The van der Waals surface area contributed by atoms with Crippen molar-refractivity contribution in [3.05, 3.63) is 72.4 Å². The Kier molecular flexibility index (Phi) is 4.46. The molecule has 0 aliphatic carbocycles. The average molecular weight is 373 g/mol. The van der Waals surface area contributed by atoms with Gasteiger partial charge in [0.1, 0.15) is 28.7 Å². The fourth-order valence-corrected chi connectivity index (χ4v) is 3.01. The molecule has 4 rings (SSSR count). The molecule has 1 aromatic carbocycles. The number of nitrogen functional groups attached to an aromatic ring is 1. The van der Waals surface area contributed by atoms with E-state index in [-0.39, 0.29) is 11.9 Å². The minimum atomic E-state index is -0.272. The van der Waals surface area contributed by atoms with E-state index in [0.29, 0.717) is 34.2 Å². The first-order chi connectivity index (χ1) is 13.5. The Morgan fingerprint density at radius 2 is 1.89 bits per heavy atom. The van der Waals surface area contributed by atoms with E-state index in [4.69, 9.17) is 11.5 Å². The molecule has 3 aromatic heterocycles. The zero-order valence-corrected chi connectivity index (χ0v) is 15.2. The molecule has 1 atom stereocenters. The smallest absolute Gasteiger partial charge is 0.256 e. The lowest BCUT2D eigenvalue weighted by molar-refractivity contribution is 0.102. The average Bonchev–Trinajstić information content (AvgIpc) is 3.10. The van der Waals surface area contributed by atoms with Crippen LogP contribution in [0.1, 0.15) is 29.1 Å². The third-order valence-electron chi connectivity index (χ3n) is 4.34. The molecule has 8 heteroatoms. The van der Waals surface area contributed by atoms with Gasteiger partial charge in [-0.25, -0.2) is 15.0 Å². The Balaban J connectivity index is 1.69. The molecule has 0 aliphatic rings. The van der Waals surface area contributed by atoms with Gasteiger partial charge < -0.3 is 16.8 Å². The second-order valence-electron chi connectivity index (χ2n) is 6.38. The standard InChI is InChI=1S/C20H19N7O/c1-12(21)19-26-16(17-18(22)24-10-11-27(17)19)13-5-7-14(8-6-13)20(28)25-15-4-2-3-9-23-15/h2-12H,21H2,1H3,(H2,22,24)(H,23,25,28)/t12-/m0/s1. The van der Waals surface area contributed by atoms with Gasteiger partial charge in [0.15, 0.2) is 0 Å². The molecule has 1 amide bonds. The molecular formula is C20H19N7O. The van der Waals surface area contributed by atoms with Crippen molar-refractivity contribution in [1.82, 2.24) is 19.4 Å². The topological polar surface area (TPSA) is 124 Å². The summed E-state index contributed by atoms with van der Waals surface area (Å²) in [7, 11) is 0. The second-order valence-corrected chi connectivity index (χ2v) is 6.38. The first-order valence-electron chi connectivity index (χ1n) is 8.75. The number of hydrogen-bond acceptors (Lipinski definition) is 6. The lowest BCUT2D eigenvalue weighted by Crippen LogP contribution is -2.12. The van der Waals surface area contributed by atoms with Crippen LogP contribution in [-0.2, 0) is 0 Å². The highest BCUT2D eigenvalue weighted by Crippen LogP contribution is 2.29. The number of imidazole rings is 1. The highest BCUT2D eigenvalue weighted by atomic mass is 16.1. The summed E-state index contributed by atoms with van der Waals surface area (Å²) >= 11 is 0. The zero-order valence-electron chi connectivity index (χ0n) is 15.2. The van der Waals surface area contributed by atoms with Crippen molar-refractivity contribution in [1.29, 1.82) is 0 Å². The Hall–Kier alpha value is -3.78. The van der Waals surface area contributed by atoms with Gasteiger partial charge in [0, 0.05) is 29.7 Å². The Morgan fingerprint density at radius 1 is 1.11 bits per heavy atom. The Labute approximate surface area is 161 Å². The number of carbonyl (C=O) groups is 1. The molecule has 0 aliphatic heterocycles. The summed E-state index contributed by atoms with van der Waals surface area (Å²) in [5, 5.41) is 2.76. The molecule has 0 radical (unpaired) electrons. The number of anilines is 2. The van der Waals surface area contributed by atoms with Gasteiger partial charge in [0.25, 0.3) is 5.91 Å². The van der Waals surface area contributed by atoms with Crippen LogP contribution in [0.3, 0.4) is 0 Å². The van der Waals surface area contributed by atoms with Crippen LogP contribution in [0, 0.1) is 0 Å². The maximum Gasteiger partial charge on any atom is 0.256 e. The van der Waals surface area contributed by atoms with Gasteiger partial charge in [0.05, 0.1) is 6.04 Å². The molecule has 5 N–H and O–H groups in total. The predicted octanol–water partition coefficient (Wildman–Crippen LogP) is 2.65. The number of pyridine rings is 1. The summed E-state index contributed by atoms with van der Waals surface area (Å²) in [4.78, 5) is 25.3. The molecule has 0 saturated carbocycles. The molecule has 0 spiro atoms. The Bertz CT molecular complexity index is 1130. The number of hydrogen-bond donors (Lipinski definition) is 3. The minimum Gasteiger partial charge on any atom is -0.382 e. The molecule has 0 bridgehead atoms. The highest BCUT2D eigenvalue weighted by Gasteiger charge is 2.18. The zero-order chi connectivity index (χ0) is 19.7. The lowest BCUT2D eigenvalue weighted by Gasteiger charge is -2.05. The van der Waals surface area contributed by atoms with Crippen LogP contribution in [0.15, 0.2) is 61.1 Å². The number of carbonyl (C=O) groups excluding carboxylic acids is 1. The summed E-state index contributed by atoms with van der Waals surface area (Å²) in [5.41, 5.74) is 14.8. The summed E-state index contributed by atoms with van der Waals surface area (Å²) in [5.74, 6) is 1.32. The van der Waals surface area contributed by atoms with Gasteiger partial charge in [-0.2, -0.15) is 0 Å². The van der Waals surface area contributed by atoms with Crippen LogP contribution in [0.5, 0.6) is 0 Å². The van der Waals surface area contributed by atoms with E-state index in [1.807, 2.05) is 29.5 Å². The number of nitrogens with one attached hydrogen (secondary N) is 1. The van der Waals surface area contributed by atoms with Gasteiger partial charge >= 0.3 is 0 Å². The SMILES string of the molecule is C[C@H](N)c1nc(-c2ccc(C(=O)Nc3ccccn3)cc2)c2c(N)nccn12. The van der Waals surface area contributed by atoms with Crippen molar-refractivity contribution in [2.24, 2.45) is 5.73 Å². The van der Waals surface area contributed by atoms with Crippen LogP contribution in [0.2, 0.25) is 0 Å². The van der Waals surface area contributed by atoms with E-state index in [2.05, 4.69) is 20.3 Å². The van der Waals surface area contributed by atoms with Crippen LogP contribution < -0.4 is 16.8 Å². The third-order valence-corrected chi connectivity index (χ3v) is 4.34. The van der Waals surface area contributed by atoms with Gasteiger partial charge in [-0.15, -0.1) is 0 Å².